The van der Waals surface area contributed by atoms with Gasteiger partial charge in [-0.15, -0.1) is 0 Å². The topological polar surface area (TPSA) is 24.5 Å². The van der Waals surface area contributed by atoms with Crippen LogP contribution in [0.3, 0.4) is 0 Å². The molecule has 122 valence electrons. The second kappa shape index (κ2) is 8.18. The van der Waals surface area contributed by atoms with Crippen molar-refractivity contribution in [2.24, 2.45) is 0 Å². The van der Waals surface area contributed by atoms with Crippen molar-refractivity contribution >= 4 is 34.6 Å². The highest BCUT2D eigenvalue weighted by Crippen LogP contribution is 2.16. The van der Waals surface area contributed by atoms with Crippen molar-refractivity contribution in [3.63, 3.8) is 0 Å². The molecule has 0 aliphatic carbocycles. The lowest BCUT2D eigenvalue weighted by Crippen LogP contribution is -2.34. The molecule has 5 heteroatoms. The first-order valence-corrected chi connectivity index (χ1v) is 8.21. The van der Waals surface area contributed by atoms with Crippen molar-refractivity contribution in [3.8, 4) is 5.75 Å². The van der Waals surface area contributed by atoms with Gasteiger partial charge in [-0.3, -0.25) is 0 Å². The van der Waals surface area contributed by atoms with Crippen LogP contribution in [-0.4, -0.2) is 30.2 Å². The van der Waals surface area contributed by atoms with Crippen molar-refractivity contribution in [3.05, 3.63) is 58.6 Å². The smallest absolute Gasteiger partial charge is 0.173 e. The number of hydrogen-bond donors (Lipinski definition) is 1. The molecule has 0 spiro atoms. The Kier molecular flexibility index (Phi) is 6.25. The van der Waals surface area contributed by atoms with Crippen molar-refractivity contribution in [1.82, 2.24) is 4.90 Å². The Morgan fingerprint density at radius 2 is 1.74 bits per heavy atom. The molecule has 0 aliphatic rings. The lowest BCUT2D eigenvalue weighted by Gasteiger charge is -2.21. The minimum atomic E-state index is 0.548. The highest BCUT2D eigenvalue weighted by atomic mass is 35.5. The number of nitrogens with one attached hydrogen (secondary N) is 1. The molecular formula is C18H21ClN2OS. The van der Waals surface area contributed by atoms with E-state index in [1.165, 1.54) is 11.1 Å². The van der Waals surface area contributed by atoms with Gasteiger partial charge < -0.3 is 15.0 Å². The van der Waals surface area contributed by atoms with Gasteiger partial charge in [0.1, 0.15) is 12.4 Å². The van der Waals surface area contributed by atoms with E-state index < -0.39 is 0 Å². The van der Waals surface area contributed by atoms with Gasteiger partial charge >= 0.3 is 0 Å². The van der Waals surface area contributed by atoms with Crippen LogP contribution in [-0.2, 0) is 0 Å². The zero-order valence-electron chi connectivity index (χ0n) is 13.6. The fraction of sp³-hybridized carbons (Fsp3) is 0.278. The summed E-state index contributed by atoms with van der Waals surface area (Å²) in [5.41, 5.74) is 3.44. The average Bonchev–Trinajstić information content (AvgIpc) is 2.48. The van der Waals surface area contributed by atoms with Gasteiger partial charge in [-0.05, 0) is 73.6 Å². The number of nitrogens with zero attached hydrogens (tertiary/aromatic N) is 1. The summed E-state index contributed by atoms with van der Waals surface area (Å²) in [5, 5.41) is 4.64. The lowest BCUT2D eigenvalue weighted by molar-refractivity contribution is 0.285. The zero-order valence-corrected chi connectivity index (χ0v) is 15.2. The number of rotatable bonds is 5. The molecule has 0 unspecified atom stereocenters. The van der Waals surface area contributed by atoms with Crippen molar-refractivity contribution < 1.29 is 4.74 Å². The quantitative estimate of drug-likeness (QED) is 0.794. The van der Waals surface area contributed by atoms with Crippen LogP contribution in [0.4, 0.5) is 5.69 Å². The monoisotopic (exact) mass is 348 g/mol. The number of thiocarbonyl (C=S) groups is 1. The van der Waals surface area contributed by atoms with Gasteiger partial charge in [-0.1, -0.05) is 17.7 Å². The normalized spacial score (nSPS) is 10.3. The Hall–Kier alpha value is -1.78. The van der Waals surface area contributed by atoms with Crippen LogP contribution in [0.15, 0.2) is 42.5 Å². The number of aryl methyl sites for hydroxylation is 2. The Morgan fingerprint density at radius 3 is 2.35 bits per heavy atom. The summed E-state index contributed by atoms with van der Waals surface area (Å²) in [4.78, 5) is 1.96. The van der Waals surface area contributed by atoms with Gasteiger partial charge in [0.25, 0.3) is 0 Å². The van der Waals surface area contributed by atoms with Gasteiger partial charge in [-0.2, -0.15) is 0 Å². The first kappa shape index (κ1) is 17.6. The van der Waals surface area contributed by atoms with Gasteiger partial charge in [0.15, 0.2) is 5.11 Å². The van der Waals surface area contributed by atoms with Crippen LogP contribution in [0.2, 0.25) is 5.02 Å². The first-order chi connectivity index (χ1) is 10.9. The van der Waals surface area contributed by atoms with E-state index in [-0.39, 0.29) is 0 Å². The van der Waals surface area contributed by atoms with Crippen molar-refractivity contribution in [1.29, 1.82) is 0 Å². The van der Waals surface area contributed by atoms with Crippen molar-refractivity contribution in [2.75, 3.05) is 25.5 Å². The fourth-order valence-corrected chi connectivity index (χ4v) is 2.53. The molecule has 3 nitrogen and oxygen atoms in total. The van der Waals surface area contributed by atoms with E-state index >= 15 is 0 Å². The molecule has 0 saturated heterocycles. The summed E-state index contributed by atoms with van der Waals surface area (Å²) in [6, 6.07) is 13.6. The molecule has 0 fully saturated rings. The summed E-state index contributed by atoms with van der Waals surface area (Å²) in [6.45, 7) is 5.39. The van der Waals surface area contributed by atoms with Crippen LogP contribution in [0.1, 0.15) is 11.1 Å². The minimum Gasteiger partial charge on any atom is -0.492 e. The Balaban J connectivity index is 1.81. The van der Waals surface area contributed by atoms with Gasteiger partial charge in [0.2, 0.25) is 0 Å². The average molecular weight is 349 g/mol. The predicted octanol–water partition coefficient (Wildman–Crippen LogP) is 4.66. The molecule has 2 aromatic carbocycles. The SMILES string of the molecule is Cc1cc(C)cc(NC(=S)N(C)CCOc2ccc(Cl)cc2)c1. The number of likely N-dealkylation sites (N-methyl/N-ethyl adjacent to an activating group) is 1. The Labute approximate surface area is 148 Å². The number of halogens is 1. The third-order valence-electron chi connectivity index (χ3n) is 3.33. The van der Waals surface area contributed by atoms with Gasteiger partial charge in [-0.25, -0.2) is 0 Å². The molecule has 0 heterocycles. The van der Waals surface area contributed by atoms with E-state index in [9.17, 15) is 0 Å². The van der Waals surface area contributed by atoms with Crippen LogP contribution < -0.4 is 10.1 Å². The number of hydrogen-bond acceptors (Lipinski definition) is 2. The molecule has 2 aromatic rings. The molecule has 2 rings (SSSR count). The van der Waals surface area contributed by atoms with E-state index in [1.807, 2.05) is 36.2 Å². The maximum atomic E-state index is 5.85. The Bertz CT molecular complexity index is 653. The molecule has 0 aromatic heterocycles. The number of ether oxygens (including phenoxy) is 1. The molecule has 0 radical (unpaired) electrons. The lowest BCUT2D eigenvalue weighted by atomic mass is 10.1. The maximum Gasteiger partial charge on any atom is 0.173 e. The van der Waals surface area contributed by atoms with E-state index in [1.54, 1.807) is 0 Å². The molecule has 1 N–H and O–H groups in total. The van der Waals surface area contributed by atoms with Gasteiger partial charge in [0, 0.05) is 17.8 Å². The van der Waals surface area contributed by atoms with E-state index in [4.69, 9.17) is 28.6 Å². The molecular weight excluding hydrogens is 328 g/mol. The van der Waals surface area contributed by atoms with E-state index in [0.717, 1.165) is 11.4 Å². The van der Waals surface area contributed by atoms with Crippen LogP contribution in [0, 0.1) is 13.8 Å². The van der Waals surface area contributed by atoms with E-state index in [2.05, 4.69) is 37.4 Å². The second-order valence-electron chi connectivity index (χ2n) is 5.53. The third-order valence-corrected chi connectivity index (χ3v) is 3.99. The number of anilines is 1. The summed E-state index contributed by atoms with van der Waals surface area (Å²) < 4.78 is 5.68. The minimum absolute atomic E-state index is 0.548. The predicted molar refractivity (Wildman–Crippen MR) is 102 cm³/mol. The molecule has 0 saturated carbocycles. The Morgan fingerprint density at radius 1 is 1.13 bits per heavy atom. The molecule has 0 aliphatic heterocycles. The highest BCUT2D eigenvalue weighted by molar-refractivity contribution is 7.80. The van der Waals surface area contributed by atoms with Crippen LogP contribution >= 0.6 is 23.8 Å². The molecule has 0 bridgehead atoms. The fourth-order valence-electron chi connectivity index (χ4n) is 2.20. The van der Waals surface area contributed by atoms with Gasteiger partial charge in [0.05, 0.1) is 6.54 Å². The van der Waals surface area contributed by atoms with Crippen molar-refractivity contribution in [2.45, 2.75) is 13.8 Å². The second-order valence-corrected chi connectivity index (χ2v) is 6.35. The maximum absolute atomic E-state index is 5.85. The largest absolute Gasteiger partial charge is 0.492 e. The summed E-state index contributed by atoms with van der Waals surface area (Å²) in [6.07, 6.45) is 0. The molecule has 0 atom stereocenters. The summed E-state index contributed by atoms with van der Waals surface area (Å²) in [7, 11) is 1.95. The third kappa shape index (κ3) is 5.73. The summed E-state index contributed by atoms with van der Waals surface area (Å²) >= 11 is 11.3. The van der Waals surface area contributed by atoms with Crippen LogP contribution in [0.5, 0.6) is 5.75 Å². The van der Waals surface area contributed by atoms with Crippen LogP contribution in [0.25, 0.3) is 0 Å². The standard InChI is InChI=1S/C18H21ClN2OS/c1-13-10-14(2)12-16(11-13)20-18(23)21(3)8-9-22-17-6-4-15(19)5-7-17/h4-7,10-12H,8-9H2,1-3H3,(H,20,23). The molecule has 0 amide bonds. The highest BCUT2D eigenvalue weighted by Gasteiger charge is 2.06. The zero-order chi connectivity index (χ0) is 16.8. The first-order valence-electron chi connectivity index (χ1n) is 7.43. The number of benzene rings is 2. The molecule has 23 heavy (non-hydrogen) atoms. The van der Waals surface area contributed by atoms with E-state index in [0.29, 0.717) is 23.3 Å². The summed E-state index contributed by atoms with van der Waals surface area (Å²) in [5.74, 6) is 0.802.